The first-order valence-corrected chi connectivity index (χ1v) is 11.6. The van der Waals surface area contributed by atoms with Crippen LogP contribution in [0.1, 0.15) is 57.6 Å². The summed E-state index contributed by atoms with van der Waals surface area (Å²) in [5, 5.41) is 21.4. The first kappa shape index (κ1) is 28.2. The Morgan fingerprint density at radius 1 is 0.833 bits per heavy atom. The van der Waals surface area contributed by atoms with Crippen molar-refractivity contribution < 1.29 is 34.1 Å². The summed E-state index contributed by atoms with van der Waals surface area (Å²) in [7, 11) is 0. The van der Waals surface area contributed by atoms with Crippen LogP contribution in [-0.2, 0) is 19.1 Å². The summed E-state index contributed by atoms with van der Waals surface area (Å²) < 4.78 is 5.06. The van der Waals surface area contributed by atoms with Crippen molar-refractivity contribution in [3.63, 3.8) is 0 Å². The number of amides is 1. The third kappa shape index (κ3) is 9.69. The van der Waals surface area contributed by atoms with Gasteiger partial charge in [0.2, 0.25) is 0 Å². The lowest BCUT2D eigenvalue weighted by Crippen LogP contribution is -2.43. The van der Waals surface area contributed by atoms with E-state index in [1.54, 1.807) is 20.8 Å². The van der Waals surface area contributed by atoms with E-state index in [1.165, 1.54) is 0 Å². The van der Waals surface area contributed by atoms with Gasteiger partial charge in [0.1, 0.15) is 23.5 Å². The van der Waals surface area contributed by atoms with Crippen LogP contribution in [0, 0.1) is 0 Å². The van der Waals surface area contributed by atoms with E-state index in [0.29, 0.717) is 5.71 Å². The topological polar surface area (TPSA) is 142 Å². The van der Waals surface area contributed by atoms with Gasteiger partial charge in [0.05, 0.1) is 5.71 Å². The van der Waals surface area contributed by atoms with Crippen molar-refractivity contribution >= 4 is 29.5 Å². The zero-order valence-electron chi connectivity index (χ0n) is 20.6. The third-order valence-electron chi connectivity index (χ3n) is 5.06. The Morgan fingerprint density at radius 3 is 1.78 bits per heavy atom. The maximum Gasteiger partial charge on any atom is 0.408 e. The number of aliphatic carboxylic acids is 2. The van der Waals surface area contributed by atoms with Crippen LogP contribution in [0.5, 0.6) is 0 Å². The summed E-state index contributed by atoms with van der Waals surface area (Å²) in [6, 6.07) is 15.9. The molecule has 0 aliphatic rings. The predicted molar refractivity (Wildman–Crippen MR) is 134 cm³/mol. The van der Waals surface area contributed by atoms with Gasteiger partial charge in [-0.1, -0.05) is 60.7 Å². The van der Waals surface area contributed by atoms with Crippen LogP contribution in [-0.4, -0.2) is 57.4 Å². The Morgan fingerprint density at radius 2 is 1.33 bits per heavy atom. The average molecular weight is 497 g/mol. The molecule has 9 nitrogen and oxygen atoms in total. The number of carbonyl (C=O) groups excluding carboxylic acids is 2. The molecule has 0 aliphatic heterocycles. The van der Waals surface area contributed by atoms with Crippen molar-refractivity contribution in [3.8, 4) is 0 Å². The lowest BCUT2D eigenvalue weighted by atomic mass is 10.0. The maximum atomic E-state index is 12.5. The molecule has 0 aliphatic carbocycles. The van der Waals surface area contributed by atoms with Gasteiger partial charge in [-0.15, -0.1) is 0 Å². The Hall–Kier alpha value is -4.01. The summed E-state index contributed by atoms with van der Waals surface area (Å²) >= 11 is 0. The molecule has 0 spiro atoms. The van der Waals surface area contributed by atoms with E-state index >= 15 is 0 Å². The van der Waals surface area contributed by atoms with E-state index in [2.05, 4.69) is 10.3 Å². The van der Waals surface area contributed by atoms with Crippen molar-refractivity contribution in [3.05, 3.63) is 71.8 Å². The number of carboxylic acids is 2. The molecule has 192 valence electrons. The van der Waals surface area contributed by atoms with Crippen LogP contribution in [0.25, 0.3) is 0 Å². The van der Waals surface area contributed by atoms with Gasteiger partial charge in [-0.2, -0.15) is 0 Å². The number of benzene rings is 2. The highest BCUT2D eigenvalue weighted by Gasteiger charge is 2.25. The first-order valence-electron chi connectivity index (χ1n) is 11.6. The molecule has 2 atom stereocenters. The molecule has 1 unspecified atom stereocenters. The SMILES string of the molecule is CC(C)(C)OC(=O)N[C@@H](CCC(=O)CCC(N=C(c1ccccc1)c1ccccc1)C(=O)O)C(=O)O. The molecular formula is C27H32N2O7. The number of carboxylic acid groups (broad SMARTS) is 2. The summed E-state index contributed by atoms with van der Waals surface area (Å²) in [5.41, 5.74) is 1.20. The lowest BCUT2D eigenvalue weighted by molar-refractivity contribution is -0.140. The summed E-state index contributed by atoms with van der Waals surface area (Å²) in [4.78, 5) is 52.3. The van der Waals surface area contributed by atoms with E-state index in [-0.39, 0.29) is 31.5 Å². The number of hydrogen-bond acceptors (Lipinski definition) is 6. The standard InChI is InChI=1S/C27H32N2O7/c1-27(2,3)36-26(35)29-22(25(33)34)17-15-20(30)14-16-21(24(31)32)28-23(18-10-6-4-7-11-18)19-12-8-5-9-13-19/h4-13,21-22H,14-17H2,1-3H3,(H,29,35)(H,31,32)(H,33,34)/t21?,22-/m0/s1. The van der Waals surface area contributed by atoms with Crippen molar-refractivity contribution in [1.29, 1.82) is 0 Å². The summed E-state index contributed by atoms with van der Waals surface area (Å²) in [5.74, 6) is -2.78. The Kier molecular flexibility index (Phi) is 10.3. The molecule has 9 heteroatoms. The highest BCUT2D eigenvalue weighted by atomic mass is 16.6. The van der Waals surface area contributed by atoms with E-state index in [4.69, 9.17) is 4.74 Å². The van der Waals surface area contributed by atoms with Gasteiger partial charge in [0, 0.05) is 24.0 Å². The Labute approximate surface area is 210 Å². The first-order chi connectivity index (χ1) is 17.0. The summed E-state index contributed by atoms with van der Waals surface area (Å²) in [6.07, 6.45) is -1.33. The molecule has 0 saturated carbocycles. The minimum atomic E-state index is -1.31. The predicted octanol–water partition coefficient (Wildman–Crippen LogP) is 4.08. The van der Waals surface area contributed by atoms with Crippen LogP contribution in [0.15, 0.2) is 65.7 Å². The van der Waals surface area contributed by atoms with Gasteiger partial charge in [-0.25, -0.2) is 14.4 Å². The van der Waals surface area contributed by atoms with Crippen LogP contribution in [0.3, 0.4) is 0 Å². The molecule has 2 rings (SSSR count). The normalized spacial score (nSPS) is 12.6. The zero-order valence-corrected chi connectivity index (χ0v) is 20.6. The number of hydrogen-bond donors (Lipinski definition) is 3. The molecule has 0 bridgehead atoms. The zero-order chi connectivity index (χ0) is 26.7. The fraction of sp³-hybridized carbons (Fsp3) is 0.370. The number of ketones is 1. The molecule has 0 saturated heterocycles. The minimum absolute atomic E-state index is 0.0471. The second-order valence-corrected chi connectivity index (χ2v) is 9.22. The second kappa shape index (κ2) is 13.2. The van der Waals surface area contributed by atoms with E-state index in [9.17, 15) is 29.4 Å². The van der Waals surface area contributed by atoms with Gasteiger partial charge in [-0.05, 0) is 33.6 Å². The fourth-order valence-electron chi connectivity index (χ4n) is 3.34. The van der Waals surface area contributed by atoms with E-state index in [1.807, 2.05) is 60.7 Å². The third-order valence-corrected chi connectivity index (χ3v) is 5.06. The van der Waals surface area contributed by atoms with Crippen molar-refractivity contribution in [2.24, 2.45) is 4.99 Å². The number of alkyl carbamates (subject to hydrolysis) is 1. The number of Topliss-reactive ketones (excluding diaryl/α,β-unsaturated/α-hetero) is 1. The molecule has 3 N–H and O–H groups in total. The number of rotatable bonds is 12. The molecule has 36 heavy (non-hydrogen) atoms. The number of ether oxygens (including phenoxy) is 1. The molecule has 2 aromatic carbocycles. The highest BCUT2D eigenvalue weighted by Crippen LogP contribution is 2.16. The largest absolute Gasteiger partial charge is 0.480 e. The van der Waals surface area contributed by atoms with E-state index < -0.39 is 35.7 Å². The van der Waals surface area contributed by atoms with Gasteiger partial charge in [0.25, 0.3) is 0 Å². The van der Waals surface area contributed by atoms with Crippen molar-refractivity contribution in [1.82, 2.24) is 5.32 Å². The quantitative estimate of drug-likeness (QED) is 0.376. The van der Waals surface area contributed by atoms with Crippen LogP contribution >= 0.6 is 0 Å². The van der Waals surface area contributed by atoms with Crippen LogP contribution in [0.2, 0.25) is 0 Å². The molecule has 0 aromatic heterocycles. The number of carbonyl (C=O) groups is 4. The molecular weight excluding hydrogens is 464 g/mol. The highest BCUT2D eigenvalue weighted by molar-refractivity contribution is 6.13. The van der Waals surface area contributed by atoms with Crippen LogP contribution < -0.4 is 5.32 Å². The average Bonchev–Trinajstić information content (AvgIpc) is 2.81. The van der Waals surface area contributed by atoms with Crippen molar-refractivity contribution in [2.75, 3.05) is 0 Å². The number of nitrogens with zero attached hydrogens (tertiary/aromatic N) is 1. The molecule has 0 radical (unpaired) electrons. The van der Waals surface area contributed by atoms with Crippen LogP contribution in [0.4, 0.5) is 4.79 Å². The lowest BCUT2D eigenvalue weighted by Gasteiger charge is -2.21. The monoisotopic (exact) mass is 496 g/mol. The molecule has 1 amide bonds. The maximum absolute atomic E-state index is 12.5. The minimum Gasteiger partial charge on any atom is -0.480 e. The van der Waals surface area contributed by atoms with Gasteiger partial charge in [0.15, 0.2) is 0 Å². The van der Waals surface area contributed by atoms with Gasteiger partial charge >= 0.3 is 18.0 Å². The number of aliphatic imine (C=N–C) groups is 1. The van der Waals surface area contributed by atoms with Gasteiger partial charge < -0.3 is 20.3 Å². The molecule has 2 aromatic rings. The summed E-state index contributed by atoms with van der Waals surface area (Å²) in [6.45, 7) is 4.94. The Bertz CT molecular complexity index is 1030. The second-order valence-electron chi connectivity index (χ2n) is 9.22. The van der Waals surface area contributed by atoms with E-state index in [0.717, 1.165) is 11.1 Å². The fourth-order valence-corrected chi connectivity index (χ4v) is 3.34. The van der Waals surface area contributed by atoms with Gasteiger partial charge in [-0.3, -0.25) is 9.79 Å². The molecule has 0 fully saturated rings. The Balaban J connectivity index is 2.06. The number of nitrogens with one attached hydrogen (secondary N) is 1. The molecule has 0 heterocycles. The smallest absolute Gasteiger partial charge is 0.408 e. The van der Waals surface area contributed by atoms with Crippen molar-refractivity contribution in [2.45, 2.75) is 64.1 Å².